The lowest BCUT2D eigenvalue weighted by Gasteiger charge is -2.43. The highest BCUT2D eigenvalue weighted by Gasteiger charge is 2.43. The van der Waals surface area contributed by atoms with Crippen LogP contribution in [0.25, 0.3) is 0 Å². The Kier molecular flexibility index (Phi) is 10.2. The second-order valence-electron chi connectivity index (χ2n) is 10.7. The smallest absolute Gasteiger partial charge is 0.229 e. The summed E-state index contributed by atoms with van der Waals surface area (Å²) in [5.41, 5.74) is 1.72. The third kappa shape index (κ3) is 6.48. The van der Waals surface area contributed by atoms with E-state index in [9.17, 15) is 9.59 Å². The molecule has 0 bridgehead atoms. The van der Waals surface area contributed by atoms with Crippen molar-refractivity contribution < 1.29 is 28.5 Å². The number of carbonyl (C=O) groups is 2. The number of amides is 2. The number of para-hydroxylation sites is 1. The molecule has 2 aliphatic heterocycles. The van der Waals surface area contributed by atoms with Gasteiger partial charge in [-0.3, -0.25) is 9.59 Å². The number of likely N-dealkylation sites (N-methyl/N-ethyl adjacent to an activating group) is 1. The lowest BCUT2D eigenvalue weighted by atomic mass is 9.73. The Hall–Kier alpha value is -3.42. The van der Waals surface area contributed by atoms with Gasteiger partial charge in [-0.1, -0.05) is 30.7 Å². The largest absolute Gasteiger partial charge is 0.493 e. The zero-order chi connectivity index (χ0) is 28.5. The second-order valence-corrected chi connectivity index (χ2v) is 10.7. The lowest BCUT2D eigenvalue weighted by Crippen LogP contribution is -2.52. The fourth-order valence-corrected chi connectivity index (χ4v) is 6.15. The lowest BCUT2D eigenvalue weighted by molar-refractivity contribution is -0.149. The Bertz CT molecular complexity index is 1160. The van der Waals surface area contributed by atoms with Crippen LogP contribution in [0.3, 0.4) is 0 Å². The molecule has 8 heteroatoms. The fourth-order valence-electron chi connectivity index (χ4n) is 6.15. The molecular formula is C32H44N2O6. The van der Waals surface area contributed by atoms with Gasteiger partial charge < -0.3 is 28.7 Å². The zero-order valence-electron chi connectivity index (χ0n) is 24.5. The monoisotopic (exact) mass is 552 g/mol. The van der Waals surface area contributed by atoms with Gasteiger partial charge >= 0.3 is 0 Å². The van der Waals surface area contributed by atoms with Crippen LogP contribution in [-0.4, -0.2) is 75.7 Å². The Morgan fingerprint density at radius 1 is 0.925 bits per heavy atom. The van der Waals surface area contributed by atoms with Crippen LogP contribution in [0.1, 0.15) is 56.6 Å². The van der Waals surface area contributed by atoms with Crippen LogP contribution < -0.4 is 18.9 Å². The van der Waals surface area contributed by atoms with E-state index < -0.39 is 5.41 Å². The van der Waals surface area contributed by atoms with Crippen molar-refractivity contribution in [2.45, 2.75) is 58.3 Å². The van der Waals surface area contributed by atoms with E-state index in [1.165, 1.54) is 5.56 Å². The van der Waals surface area contributed by atoms with Crippen LogP contribution in [0, 0.1) is 5.41 Å². The summed E-state index contributed by atoms with van der Waals surface area (Å²) in [6.45, 7) is 4.95. The van der Waals surface area contributed by atoms with Crippen molar-refractivity contribution in [1.29, 1.82) is 0 Å². The molecule has 2 amide bonds. The predicted molar refractivity (Wildman–Crippen MR) is 154 cm³/mol. The molecular weight excluding hydrogens is 508 g/mol. The van der Waals surface area contributed by atoms with Crippen molar-refractivity contribution in [3.8, 4) is 23.0 Å². The molecule has 0 radical (unpaired) electrons. The standard InChI is InChI=1S/C32H44N2O6/c1-5-33-22-23-40-26-12-7-6-10-24(26)11-8-9-17-32(31(33)36)18-20-34(21-19-32)28(35)16-14-25-13-15-27(37-2)30(39-4)29(25)38-3/h6-7,10,12-13,15H,5,8-9,11,14,16-23H2,1-4H3. The topological polar surface area (TPSA) is 77.5 Å². The molecule has 2 aromatic rings. The highest BCUT2D eigenvalue weighted by Crippen LogP contribution is 2.41. The van der Waals surface area contributed by atoms with Crippen LogP contribution in [0.5, 0.6) is 23.0 Å². The van der Waals surface area contributed by atoms with E-state index in [0.717, 1.165) is 37.0 Å². The van der Waals surface area contributed by atoms with Crippen LogP contribution in [0.15, 0.2) is 36.4 Å². The number of likely N-dealkylation sites (tertiary alicyclic amines) is 1. The minimum absolute atomic E-state index is 0.102. The molecule has 0 saturated carbocycles. The number of aryl methyl sites for hydroxylation is 2. The number of hydrogen-bond donors (Lipinski definition) is 0. The summed E-state index contributed by atoms with van der Waals surface area (Å²) in [5.74, 6) is 2.97. The van der Waals surface area contributed by atoms with E-state index in [2.05, 4.69) is 12.1 Å². The van der Waals surface area contributed by atoms with Gasteiger partial charge in [0.05, 0.1) is 33.3 Å². The average Bonchev–Trinajstić information content (AvgIpc) is 2.99. The Morgan fingerprint density at radius 3 is 2.38 bits per heavy atom. The third-order valence-electron chi connectivity index (χ3n) is 8.53. The molecule has 218 valence electrons. The summed E-state index contributed by atoms with van der Waals surface area (Å²) >= 11 is 0. The maximum absolute atomic E-state index is 13.9. The summed E-state index contributed by atoms with van der Waals surface area (Å²) < 4.78 is 22.6. The third-order valence-corrected chi connectivity index (χ3v) is 8.53. The molecule has 0 aromatic heterocycles. The van der Waals surface area contributed by atoms with Gasteiger partial charge in [0.25, 0.3) is 0 Å². The van der Waals surface area contributed by atoms with Gasteiger partial charge in [0.1, 0.15) is 12.4 Å². The van der Waals surface area contributed by atoms with Crippen molar-refractivity contribution in [2.75, 3.05) is 54.1 Å². The molecule has 0 unspecified atom stereocenters. The van der Waals surface area contributed by atoms with E-state index in [4.69, 9.17) is 18.9 Å². The van der Waals surface area contributed by atoms with Gasteiger partial charge in [0.2, 0.25) is 17.6 Å². The first kappa shape index (κ1) is 29.6. The Labute approximate surface area is 238 Å². The number of methoxy groups -OCH3 is 3. The molecule has 1 spiro atoms. The average molecular weight is 553 g/mol. The van der Waals surface area contributed by atoms with Crippen molar-refractivity contribution in [3.63, 3.8) is 0 Å². The quantitative estimate of drug-likeness (QED) is 0.486. The normalized spacial score (nSPS) is 17.8. The first-order valence-electron chi connectivity index (χ1n) is 14.5. The van der Waals surface area contributed by atoms with Gasteiger partial charge in [-0.15, -0.1) is 0 Å². The van der Waals surface area contributed by atoms with Crippen molar-refractivity contribution >= 4 is 11.8 Å². The highest BCUT2D eigenvalue weighted by molar-refractivity contribution is 5.83. The number of fused-ring (bicyclic) bond motifs is 1. The molecule has 2 heterocycles. The van der Waals surface area contributed by atoms with Crippen LogP contribution in [0.4, 0.5) is 0 Å². The molecule has 0 atom stereocenters. The Balaban J connectivity index is 1.40. The van der Waals surface area contributed by atoms with Crippen molar-refractivity contribution in [3.05, 3.63) is 47.5 Å². The molecule has 1 saturated heterocycles. The maximum atomic E-state index is 13.9. The molecule has 8 nitrogen and oxygen atoms in total. The first-order valence-corrected chi connectivity index (χ1v) is 14.5. The van der Waals surface area contributed by atoms with E-state index in [0.29, 0.717) is 75.7 Å². The van der Waals surface area contributed by atoms with Crippen molar-refractivity contribution in [1.82, 2.24) is 9.80 Å². The summed E-state index contributed by atoms with van der Waals surface area (Å²) in [6.07, 6.45) is 6.09. The fraction of sp³-hybridized carbons (Fsp3) is 0.562. The van der Waals surface area contributed by atoms with E-state index in [-0.39, 0.29) is 11.8 Å². The SMILES string of the molecule is CCN1CCOc2ccccc2CCCCC2(CCN(C(=O)CCc3ccc(OC)c(OC)c3OC)CC2)C1=O. The predicted octanol–water partition coefficient (Wildman–Crippen LogP) is 4.91. The second kappa shape index (κ2) is 13.8. The van der Waals surface area contributed by atoms with Crippen LogP contribution >= 0.6 is 0 Å². The number of carbonyl (C=O) groups excluding carboxylic acids is 2. The maximum Gasteiger partial charge on any atom is 0.229 e. The summed E-state index contributed by atoms with van der Waals surface area (Å²) in [6, 6.07) is 12.0. The molecule has 0 N–H and O–H groups in total. The van der Waals surface area contributed by atoms with E-state index in [1.807, 2.05) is 41.0 Å². The summed E-state index contributed by atoms with van der Waals surface area (Å²) in [4.78, 5) is 31.1. The van der Waals surface area contributed by atoms with Gasteiger partial charge in [-0.25, -0.2) is 0 Å². The van der Waals surface area contributed by atoms with E-state index >= 15 is 0 Å². The number of hydrogen-bond acceptors (Lipinski definition) is 6. The minimum atomic E-state index is -0.419. The number of rotatable bonds is 7. The highest BCUT2D eigenvalue weighted by atomic mass is 16.5. The van der Waals surface area contributed by atoms with Crippen molar-refractivity contribution in [2.24, 2.45) is 5.41 Å². The van der Waals surface area contributed by atoms with Gasteiger partial charge in [0, 0.05) is 26.1 Å². The van der Waals surface area contributed by atoms with Crippen LogP contribution in [-0.2, 0) is 22.4 Å². The van der Waals surface area contributed by atoms with Gasteiger partial charge in [0.15, 0.2) is 11.5 Å². The number of ether oxygens (including phenoxy) is 4. The summed E-state index contributed by atoms with van der Waals surface area (Å²) in [5, 5.41) is 0. The molecule has 2 aromatic carbocycles. The van der Waals surface area contributed by atoms with Gasteiger partial charge in [-0.2, -0.15) is 0 Å². The molecule has 0 aliphatic carbocycles. The number of piperidine rings is 1. The molecule has 4 rings (SSSR count). The minimum Gasteiger partial charge on any atom is -0.493 e. The number of nitrogens with zero attached hydrogens (tertiary/aromatic N) is 2. The zero-order valence-corrected chi connectivity index (χ0v) is 24.5. The summed E-state index contributed by atoms with van der Waals surface area (Å²) in [7, 11) is 4.76. The van der Waals surface area contributed by atoms with Crippen LogP contribution in [0.2, 0.25) is 0 Å². The Morgan fingerprint density at radius 2 is 1.68 bits per heavy atom. The first-order chi connectivity index (χ1) is 19.5. The number of benzene rings is 2. The van der Waals surface area contributed by atoms with E-state index in [1.54, 1.807) is 21.3 Å². The van der Waals surface area contributed by atoms with Gasteiger partial charge in [-0.05, 0) is 68.7 Å². The molecule has 40 heavy (non-hydrogen) atoms. The molecule has 2 aliphatic rings. The molecule has 1 fully saturated rings.